The molecule has 0 saturated carbocycles. The lowest BCUT2D eigenvalue weighted by Gasteiger charge is -2.34. The minimum atomic E-state index is 0.887. The van der Waals surface area contributed by atoms with Gasteiger partial charge in [-0.15, -0.1) is 12.3 Å². The summed E-state index contributed by atoms with van der Waals surface area (Å²) in [5, 5.41) is 0. The van der Waals surface area contributed by atoms with E-state index in [4.69, 9.17) is 6.42 Å². The van der Waals surface area contributed by atoms with Crippen molar-refractivity contribution in [3.63, 3.8) is 0 Å². The normalized spacial score (nSPS) is 19.3. The Morgan fingerprint density at radius 1 is 1.07 bits per heavy atom. The molecule has 0 aromatic rings. The SMILES string of the molecule is C#CCCN1CCN(CCN(C)C)CC1. The molecule has 1 aliphatic heterocycles. The van der Waals surface area contributed by atoms with Gasteiger partial charge in [0.25, 0.3) is 0 Å². The molecule has 15 heavy (non-hydrogen) atoms. The number of hydrogen-bond donors (Lipinski definition) is 0. The van der Waals surface area contributed by atoms with Crippen molar-refractivity contribution in [3.8, 4) is 12.3 Å². The fourth-order valence-corrected chi connectivity index (χ4v) is 1.80. The van der Waals surface area contributed by atoms with Crippen LogP contribution in [0.4, 0.5) is 0 Å². The van der Waals surface area contributed by atoms with Crippen LogP contribution in [0.5, 0.6) is 0 Å². The highest BCUT2D eigenvalue weighted by Crippen LogP contribution is 2.01. The van der Waals surface area contributed by atoms with Gasteiger partial charge in [0, 0.05) is 52.2 Å². The van der Waals surface area contributed by atoms with E-state index in [-0.39, 0.29) is 0 Å². The van der Waals surface area contributed by atoms with Gasteiger partial charge >= 0.3 is 0 Å². The second kappa shape index (κ2) is 6.84. The first-order chi connectivity index (χ1) is 7.22. The molecule has 1 fully saturated rings. The first kappa shape index (κ1) is 12.5. The smallest absolute Gasteiger partial charge is 0.0214 e. The number of piperazine rings is 1. The molecule has 86 valence electrons. The summed E-state index contributed by atoms with van der Waals surface area (Å²) in [6, 6.07) is 0. The van der Waals surface area contributed by atoms with Crippen LogP contribution in [0.3, 0.4) is 0 Å². The van der Waals surface area contributed by atoms with Gasteiger partial charge in [-0.1, -0.05) is 0 Å². The molecule has 0 bridgehead atoms. The number of rotatable bonds is 5. The van der Waals surface area contributed by atoms with Gasteiger partial charge in [0.15, 0.2) is 0 Å². The van der Waals surface area contributed by atoms with Crippen LogP contribution in [-0.2, 0) is 0 Å². The maximum absolute atomic E-state index is 5.26. The summed E-state index contributed by atoms with van der Waals surface area (Å²) >= 11 is 0. The molecule has 3 heteroatoms. The summed E-state index contributed by atoms with van der Waals surface area (Å²) in [5.41, 5.74) is 0. The molecule has 0 N–H and O–H groups in total. The van der Waals surface area contributed by atoms with Gasteiger partial charge in [-0.3, -0.25) is 9.80 Å². The van der Waals surface area contributed by atoms with Crippen molar-refractivity contribution < 1.29 is 0 Å². The van der Waals surface area contributed by atoms with E-state index in [0.717, 1.165) is 19.5 Å². The van der Waals surface area contributed by atoms with Crippen LogP contribution in [0.1, 0.15) is 6.42 Å². The standard InChI is InChI=1S/C12H23N3/c1-4-5-6-14-9-11-15(12-10-14)8-7-13(2)3/h1H,5-12H2,2-3H3. The Hall–Kier alpha value is -0.560. The van der Waals surface area contributed by atoms with Crippen LogP contribution in [0.15, 0.2) is 0 Å². The lowest BCUT2D eigenvalue weighted by molar-refractivity contribution is 0.127. The molecule has 0 aromatic heterocycles. The van der Waals surface area contributed by atoms with E-state index >= 15 is 0 Å². The van der Waals surface area contributed by atoms with E-state index in [0.29, 0.717) is 0 Å². The molecule has 0 atom stereocenters. The van der Waals surface area contributed by atoms with Gasteiger partial charge in [0.1, 0.15) is 0 Å². The van der Waals surface area contributed by atoms with E-state index in [9.17, 15) is 0 Å². The lowest BCUT2D eigenvalue weighted by atomic mass is 10.3. The summed E-state index contributed by atoms with van der Waals surface area (Å²) in [7, 11) is 4.26. The summed E-state index contributed by atoms with van der Waals surface area (Å²) < 4.78 is 0. The van der Waals surface area contributed by atoms with Crippen LogP contribution in [0.2, 0.25) is 0 Å². The largest absolute Gasteiger partial charge is 0.308 e. The van der Waals surface area contributed by atoms with Gasteiger partial charge in [-0.25, -0.2) is 0 Å². The van der Waals surface area contributed by atoms with Crippen molar-refractivity contribution >= 4 is 0 Å². The molecule has 1 rings (SSSR count). The maximum Gasteiger partial charge on any atom is 0.0214 e. The molecule has 1 heterocycles. The fourth-order valence-electron chi connectivity index (χ4n) is 1.80. The summed E-state index contributed by atoms with van der Waals surface area (Å²) in [5.74, 6) is 2.70. The predicted molar refractivity (Wildman–Crippen MR) is 64.9 cm³/mol. The van der Waals surface area contributed by atoms with Crippen LogP contribution in [-0.4, -0.2) is 74.6 Å². The van der Waals surface area contributed by atoms with Crippen molar-refractivity contribution in [2.75, 3.05) is 59.9 Å². The molecular formula is C12H23N3. The third kappa shape index (κ3) is 5.17. The molecular weight excluding hydrogens is 186 g/mol. The Kier molecular flexibility index (Phi) is 5.70. The average molecular weight is 209 g/mol. The highest BCUT2D eigenvalue weighted by molar-refractivity contribution is 4.85. The maximum atomic E-state index is 5.26. The molecule has 0 aromatic carbocycles. The average Bonchev–Trinajstić information content (AvgIpc) is 2.25. The van der Waals surface area contributed by atoms with E-state index < -0.39 is 0 Å². The van der Waals surface area contributed by atoms with E-state index in [1.165, 1.54) is 32.7 Å². The number of terminal acetylenes is 1. The molecule has 0 aliphatic carbocycles. The minimum absolute atomic E-state index is 0.887. The zero-order chi connectivity index (χ0) is 11.1. The van der Waals surface area contributed by atoms with Crippen molar-refractivity contribution in [3.05, 3.63) is 0 Å². The number of nitrogens with zero attached hydrogens (tertiary/aromatic N) is 3. The quantitative estimate of drug-likeness (QED) is 0.599. The third-order valence-corrected chi connectivity index (χ3v) is 2.90. The number of likely N-dealkylation sites (N-methyl/N-ethyl adjacent to an activating group) is 1. The highest BCUT2D eigenvalue weighted by Gasteiger charge is 2.15. The molecule has 0 spiro atoms. The lowest BCUT2D eigenvalue weighted by Crippen LogP contribution is -2.48. The Labute approximate surface area is 94.0 Å². The van der Waals surface area contributed by atoms with Gasteiger partial charge in [-0.2, -0.15) is 0 Å². The summed E-state index contributed by atoms with van der Waals surface area (Å²) in [4.78, 5) is 7.24. The fraction of sp³-hybridized carbons (Fsp3) is 0.833. The molecule has 0 amide bonds. The van der Waals surface area contributed by atoms with Gasteiger partial charge in [-0.05, 0) is 14.1 Å². The molecule has 3 nitrogen and oxygen atoms in total. The minimum Gasteiger partial charge on any atom is -0.308 e. The summed E-state index contributed by atoms with van der Waals surface area (Å²) in [6.45, 7) is 8.15. The Morgan fingerprint density at radius 2 is 1.60 bits per heavy atom. The topological polar surface area (TPSA) is 9.72 Å². The second-order valence-electron chi connectivity index (χ2n) is 4.44. The van der Waals surface area contributed by atoms with Gasteiger partial charge in [0.05, 0.1) is 0 Å². The Balaban J connectivity index is 2.10. The van der Waals surface area contributed by atoms with E-state index in [1.807, 2.05) is 0 Å². The van der Waals surface area contributed by atoms with Crippen molar-refractivity contribution in [2.45, 2.75) is 6.42 Å². The van der Waals surface area contributed by atoms with Crippen LogP contribution < -0.4 is 0 Å². The van der Waals surface area contributed by atoms with Gasteiger partial charge in [0.2, 0.25) is 0 Å². The zero-order valence-electron chi connectivity index (χ0n) is 10.1. The number of hydrogen-bond acceptors (Lipinski definition) is 3. The highest BCUT2D eigenvalue weighted by atomic mass is 15.3. The summed E-state index contributed by atoms with van der Waals surface area (Å²) in [6.07, 6.45) is 6.15. The van der Waals surface area contributed by atoms with Crippen molar-refractivity contribution in [1.29, 1.82) is 0 Å². The molecule has 0 radical (unpaired) electrons. The Bertz CT molecular complexity index is 199. The zero-order valence-corrected chi connectivity index (χ0v) is 10.1. The molecule has 1 saturated heterocycles. The van der Waals surface area contributed by atoms with Crippen molar-refractivity contribution in [2.24, 2.45) is 0 Å². The van der Waals surface area contributed by atoms with Gasteiger partial charge < -0.3 is 4.90 Å². The monoisotopic (exact) mass is 209 g/mol. The third-order valence-electron chi connectivity index (χ3n) is 2.90. The van der Waals surface area contributed by atoms with Crippen LogP contribution in [0.25, 0.3) is 0 Å². The molecule has 1 aliphatic rings. The Morgan fingerprint density at radius 3 is 2.07 bits per heavy atom. The first-order valence-corrected chi connectivity index (χ1v) is 5.75. The van der Waals surface area contributed by atoms with Crippen LogP contribution >= 0.6 is 0 Å². The van der Waals surface area contributed by atoms with E-state index in [2.05, 4.69) is 34.7 Å². The van der Waals surface area contributed by atoms with Crippen molar-refractivity contribution in [1.82, 2.24) is 14.7 Å². The second-order valence-corrected chi connectivity index (χ2v) is 4.44. The molecule has 0 unspecified atom stereocenters. The van der Waals surface area contributed by atoms with Crippen LogP contribution in [0, 0.1) is 12.3 Å². The first-order valence-electron chi connectivity index (χ1n) is 5.75. The predicted octanol–water partition coefficient (Wildman–Crippen LogP) is 0.189. The van der Waals surface area contributed by atoms with E-state index in [1.54, 1.807) is 0 Å².